The largest absolute Gasteiger partial charge is 0.453 e. The lowest BCUT2D eigenvalue weighted by molar-refractivity contribution is -0.290. The number of aliphatic hydroxyl groups is 1. The van der Waals surface area contributed by atoms with E-state index in [9.17, 15) is 27.1 Å². The molecule has 0 aromatic heterocycles. The third-order valence-electron chi connectivity index (χ3n) is 2.74. The van der Waals surface area contributed by atoms with E-state index in [0.717, 1.165) is 12.0 Å². The zero-order valence-corrected chi connectivity index (χ0v) is 10.3. The molecule has 0 spiro atoms. The standard InChI is InChI=1S/C13H15F5O/c1-2-4-9-5-3-6-10(7-9)11(19)8-12(14,15)13(16,17)18/h3,5-7,11,19H,2,4,8H2,1H3. The van der Waals surface area contributed by atoms with Gasteiger partial charge in [-0.25, -0.2) is 0 Å². The fraction of sp³-hybridized carbons (Fsp3) is 0.538. The van der Waals surface area contributed by atoms with Crippen LogP contribution >= 0.6 is 0 Å². The van der Waals surface area contributed by atoms with Crippen molar-refractivity contribution < 1.29 is 27.1 Å². The highest BCUT2D eigenvalue weighted by Gasteiger charge is 2.58. The Morgan fingerprint density at radius 3 is 2.32 bits per heavy atom. The van der Waals surface area contributed by atoms with Crippen LogP contribution in [0.2, 0.25) is 0 Å². The van der Waals surface area contributed by atoms with Crippen molar-refractivity contribution in [1.82, 2.24) is 0 Å². The minimum absolute atomic E-state index is 0.0786. The van der Waals surface area contributed by atoms with Gasteiger partial charge in [0.05, 0.1) is 12.5 Å². The highest BCUT2D eigenvalue weighted by atomic mass is 19.4. The van der Waals surface area contributed by atoms with Crippen molar-refractivity contribution in [2.24, 2.45) is 0 Å². The predicted octanol–water partition coefficient (Wildman–Crippen LogP) is 4.26. The first-order chi connectivity index (χ1) is 8.67. The molecule has 108 valence electrons. The molecule has 0 aliphatic heterocycles. The maximum Gasteiger partial charge on any atom is 0.453 e. The summed E-state index contributed by atoms with van der Waals surface area (Å²) in [5.74, 6) is -4.90. The average molecular weight is 282 g/mol. The number of aryl methyl sites for hydroxylation is 1. The maximum absolute atomic E-state index is 12.8. The molecule has 0 bridgehead atoms. The smallest absolute Gasteiger partial charge is 0.388 e. The first-order valence-electron chi connectivity index (χ1n) is 5.89. The minimum atomic E-state index is -5.64. The molecule has 0 aliphatic carbocycles. The Labute approximate surface area is 108 Å². The molecule has 0 saturated carbocycles. The Balaban J connectivity index is 2.83. The SMILES string of the molecule is CCCc1cccc(C(O)CC(F)(F)C(F)(F)F)c1. The van der Waals surface area contributed by atoms with Crippen LogP contribution in [0.3, 0.4) is 0 Å². The molecule has 6 heteroatoms. The highest BCUT2D eigenvalue weighted by molar-refractivity contribution is 5.25. The van der Waals surface area contributed by atoms with Crippen molar-refractivity contribution >= 4 is 0 Å². The molecular formula is C13H15F5O. The third-order valence-corrected chi connectivity index (χ3v) is 2.74. The number of halogens is 5. The van der Waals surface area contributed by atoms with Crippen LogP contribution in [0.4, 0.5) is 22.0 Å². The number of rotatable bonds is 5. The van der Waals surface area contributed by atoms with Gasteiger partial charge in [-0.3, -0.25) is 0 Å². The number of hydrogen-bond donors (Lipinski definition) is 1. The van der Waals surface area contributed by atoms with Crippen molar-refractivity contribution in [2.75, 3.05) is 0 Å². The summed E-state index contributed by atoms with van der Waals surface area (Å²) < 4.78 is 61.8. The molecule has 1 atom stereocenters. The average Bonchev–Trinajstić information content (AvgIpc) is 2.27. The lowest BCUT2D eigenvalue weighted by Crippen LogP contribution is -2.37. The van der Waals surface area contributed by atoms with Gasteiger partial charge in [0.1, 0.15) is 0 Å². The lowest BCUT2D eigenvalue weighted by Gasteiger charge is -2.22. The van der Waals surface area contributed by atoms with E-state index in [-0.39, 0.29) is 5.56 Å². The monoisotopic (exact) mass is 282 g/mol. The summed E-state index contributed by atoms with van der Waals surface area (Å²) in [6, 6.07) is 6.08. The van der Waals surface area contributed by atoms with Crippen molar-refractivity contribution in [3.05, 3.63) is 35.4 Å². The van der Waals surface area contributed by atoms with Gasteiger partial charge >= 0.3 is 12.1 Å². The summed E-state index contributed by atoms with van der Waals surface area (Å²) in [7, 11) is 0. The Morgan fingerprint density at radius 1 is 1.16 bits per heavy atom. The second-order valence-electron chi connectivity index (χ2n) is 4.42. The van der Waals surface area contributed by atoms with Gasteiger partial charge in [0, 0.05) is 0 Å². The Kier molecular flexibility index (Phi) is 4.90. The van der Waals surface area contributed by atoms with E-state index in [4.69, 9.17) is 0 Å². The molecule has 0 aliphatic rings. The van der Waals surface area contributed by atoms with Gasteiger partial charge in [-0.15, -0.1) is 0 Å². The molecule has 1 unspecified atom stereocenters. The Bertz CT molecular complexity index is 414. The minimum Gasteiger partial charge on any atom is -0.388 e. The van der Waals surface area contributed by atoms with Gasteiger partial charge in [-0.05, 0) is 17.5 Å². The van der Waals surface area contributed by atoms with E-state index >= 15 is 0 Å². The second-order valence-corrected chi connectivity index (χ2v) is 4.42. The fourth-order valence-electron chi connectivity index (χ4n) is 1.72. The molecule has 0 radical (unpaired) electrons. The lowest BCUT2D eigenvalue weighted by atomic mass is 9.99. The quantitative estimate of drug-likeness (QED) is 0.800. The van der Waals surface area contributed by atoms with Crippen LogP contribution in [0.15, 0.2) is 24.3 Å². The number of aliphatic hydroxyl groups excluding tert-OH is 1. The van der Waals surface area contributed by atoms with Gasteiger partial charge in [-0.1, -0.05) is 37.6 Å². The third kappa shape index (κ3) is 4.16. The number of alkyl halides is 5. The molecule has 0 saturated heterocycles. The van der Waals surface area contributed by atoms with Gasteiger partial charge in [-0.2, -0.15) is 22.0 Å². The van der Waals surface area contributed by atoms with Crippen molar-refractivity contribution in [2.45, 2.75) is 44.4 Å². The number of benzene rings is 1. The summed E-state index contributed by atoms with van der Waals surface area (Å²) in [6.45, 7) is 1.92. The maximum atomic E-state index is 12.8. The summed E-state index contributed by atoms with van der Waals surface area (Å²) >= 11 is 0. The summed E-state index contributed by atoms with van der Waals surface area (Å²) in [6.07, 6.45) is -7.65. The van der Waals surface area contributed by atoms with Crippen molar-refractivity contribution in [3.8, 4) is 0 Å². The molecular weight excluding hydrogens is 267 g/mol. The van der Waals surface area contributed by atoms with Gasteiger partial charge in [0.2, 0.25) is 0 Å². The zero-order valence-electron chi connectivity index (χ0n) is 10.3. The molecule has 1 aromatic rings. The zero-order chi connectivity index (χ0) is 14.7. The van der Waals surface area contributed by atoms with Gasteiger partial charge in [0.15, 0.2) is 0 Å². The Hall–Kier alpha value is -1.17. The molecule has 1 N–H and O–H groups in total. The summed E-state index contributed by atoms with van der Waals surface area (Å²) in [4.78, 5) is 0. The molecule has 19 heavy (non-hydrogen) atoms. The Morgan fingerprint density at radius 2 is 1.79 bits per heavy atom. The molecule has 1 rings (SSSR count). The van der Waals surface area contributed by atoms with Crippen LogP contribution in [0, 0.1) is 0 Å². The molecule has 0 heterocycles. The van der Waals surface area contributed by atoms with E-state index in [1.165, 1.54) is 18.2 Å². The molecule has 0 amide bonds. The number of hydrogen-bond acceptors (Lipinski definition) is 1. The van der Waals surface area contributed by atoms with Crippen LogP contribution in [0.1, 0.15) is 37.0 Å². The first-order valence-corrected chi connectivity index (χ1v) is 5.89. The summed E-state index contributed by atoms with van der Waals surface area (Å²) in [5, 5.41) is 9.53. The fourth-order valence-corrected chi connectivity index (χ4v) is 1.72. The van der Waals surface area contributed by atoms with E-state index in [2.05, 4.69) is 0 Å². The first kappa shape index (κ1) is 15.9. The van der Waals surface area contributed by atoms with E-state index < -0.39 is 24.6 Å². The highest BCUT2D eigenvalue weighted by Crippen LogP contribution is 2.41. The van der Waals surface area contributed by atoms with Crippen LogP contribution in [0.5, 0.6) is 0 Å². The van der Waals surface area contributed by atoms with Crippen molar-refractivity contribution in [1.29, 1.82) is 0 Å². The van der Waals surface area contributed by atoms with Crippen LogP contribution < -0.4 is 0 Å². The topological polar surface area (TPSA) is 20.2 Å². The summed E-state index contributed by atoms with van der Waals surface area (Å²) in [5.41, 5.74) is 0.879. The van der Waals surface area contributed by atoms with E-state index in [1.54, 1.807) is 6.07 Å². The van der Waals surface area contributed by atoms with Crippen LogP contribution in [-0.2, 0) is 6.42 Å². The molecule has 1 nitrogen and oxygen atoms in total. The second kappa shape index (κ2) is 5.86. The van der Waals surface area contributed by atoms with E-state index in [0.29, 0.717) is 6.42 Å². The van der Waals surface area contributed by atoms with Crippen LogP contribution in [-0.4, -0.2) is 17.2 Å². The van der Waals surface area contributed by atoms with Crippen molar-refractivity contribution in [3.63, 3.8) is 0 Å². The van der Waals surface area contributed by atoms with Crippen LogP contribution in [0.25, 0.3) is 0 Å². The van der Waals surface area contributed by atoms with Gasteiger partial charge in [0.25, 0.3) is 0 Å². The normalized spacial score (nSPS) is 14.5. The van der Waals surface area contributed by atoms with Gasteiger partial charge < -0.3 is 5.11 Å². The molecule has 0 fully saturated rings. The molecule has 1 aromatic carbocycles. The van der Waals surface area contributed by atoms with E-state index in [1.807, 2.05) is 6.92 Å². The predicted molar refractivity (Wildman–Crippen MR) is 61.0 cm³/mol.